The maximum absolute atomic E-state index is 15.1. The van der Waals surface area contributed by atoms with E-state index in [1.54, 1.807) is 0 Å². The van der Waals surface area contributed by atoms with E-state index in [2.05, 4.69) is 89.5 Å². The Labute approximate surface area is 308 Å². The fourth-order valence-electron chi connectivity index (χ4n) is 7.98. The SMILES string of the molecule is O=P(c1ccccc1)(c1ccccc1)c1ccc(-c2nc3c(c4c2cc(-c2ccc(-c5cn6ccccc6n5)cc2)c2ccccc24)CCC=C3)cc1. The molecule has 10 rings (SSSR count). The maximum atomic E-state index is 15.1. The van der Waals surface area contributed by atoms with Crippen LogP contribution < -0.4 is 15.9 Å². The Morgan fingerprint density at radius 3 is 1.91 bits per heavy atom. The third-order valence-electron chi connectivity index (χ3n) is 10.6. The van der Waals surface area contributed by atoms with Gasteiger partial charge in [0.25, 0.3) is 0 Å². The topological polar surface area (TPSA) is 47.3 Å². The number of hydrogen-bond donors (Lipinski definition) is 0. The van der Waals surface area contributed by atoms with Crippen LogP contribution in [0.3, 0.4) is 0 Å². The van der Waals surface area contributed by atoms with E-state index in [1.165, 1.54) is 27.3 Å². The van der Waals surface area contributed by atoms with Crippen molar-refractivity contribution in [2.45, 2.75) is 12.8 Å². The largest absolute Gasteiger partial charge is 0.309 e. The molecule has 53 heavy (non-hydrogen) atoms. The number of aryl methyl sites for hydroxylation is 1. The summed E-state index contributed by atoms with van der Waals surface area (Å²) in [6, 6.07) is 53.9. The summed E-state index contributed by atoms with van der Waals surface area (Å²) >= 11 is 0. The lowest BCUT2D eigenvalue weighted by molar-refractivity contribution is 0.592. The Morgan fingerprint density at radius 2 is 1.19 bits per heavy atom. The fraction of sp³-hybridized carbons (Fsp3) is 0.0417. The van der Waals surface area contributed by atoms with Gasteiger partial charge in [0.2, 0.25) is 0 Å². The minimum absolute atomic E-state index is 0.803. The van der Waals surface area contributed by atoms with Crippen molar-refractivity contribution in [1.29, 1.82) is 0 Å². The van der Waals surface area contributed by atoms with Gasteiger partial charge >= 0.3 is 0 Å². The first kappa shape index (κ1) is 31.4. The minimum Gasteiger partial charge on any atom is -0.309 e. The van der Waals surface area contributed by atoms with E-state index in [4.69, 9.17) is 9.97 Å². The van der Waals surface area contributed by atoms with Crippen LogP contribution in [-0.2, 0) is 11.0 Å². The van der Waals surface area contributed by atoms with Crippen LogP contribution in [0.4, 0.5) is 0 Å². The molecule has 4 nitrogen and oxygen atoms in total. The Bertz CT molecular complexity index is 2820. The molecular weight excluding hydrogens is 666 g/mol. The molecule has 0 aliphatic heterocycles. The third kappa shape index (κ3) is 5.26. The lowest BCUT2D eigenvalue weighted by Gasteiger charge is -2.22. The lowest BCUT2D eigenvalue weighted by Crippen LogP contribution is -2.24. The molecule has 0 saturated heterocycles. The summed E-state index contributed by atoms with van der Waals surface area (Å²) in [5.74, 6) is 0. The number of benzene rings is 6. The normalized spacial score (nSPS) is 12.8. The smallest absolute Gasteiger partial charge is 0.171 e. The summed E-state index contributed by atoms with van der Waals surface area (Å²) in [6.45, 7) is 0. The molecule has 0 bridgehead atoms. The number of aromatic nitrogens is 3. The predicted octanol–water partition coefficient (Wildman–Crippen LogP) is 10.6. The number of pyridine rings is 2. The second-order valence-corrected chi connectivity index (χ2v) is 16.4. The van der Waals surface area contributed by atoms with Crippen molar-refractivity contribution in [2.75, 3.05) is 0 Å². The van der Waals surface area contributed by atoms with Crippen molar-refractivity contribution in [3.05, 3.63) is 187 Å². The molecule has 0 amide bonds. The zero-order valence-electron chi connectivity index (χ0n) is 28.9. The van der Waals surface area contributed by atoms with Gasteiger partial charge in [0, 0.05) is 44.8 Å². The zero-order valence-corrected chi connectivity index (χ0v) is 29.8. The number of fused-ring (bicyclic) bond motifs is 6. The summed E-state index contributed by atoms with van der Waals surface area (Å²) in [5, 5.41) is 7.29. The number of rotatable bonds is 6. The first-order chi connectivity index (χ1) is 26.1. The van der Waals surface area contributed by atoms with Gasteiger partial charge in [0.1, 0.15) is 5.65 Å². The third-order valence-corrected chi connectivity index (χ3v) is 13.7. The van der Waals surface area contributed by atoms with Gasteiger partial charge in [-0.2, -0.15) is 0 Å². The minimum atomic E-state index is -3.11. The van der Waals surface area contributed by atoms with Crippen LogP contribution >= 0.6 is 7.14 Å². The fourth-order valence-corrected chi connectivity index (χ4v) is 10.6. The van der Waals surface area contributed by atoms with E-state index in [9.17, 15) is 0 Å². The molecule has 0 spiro atoms. The van der Waals surface area contributed by atoms with Crippen molar-refractivity contribution >= 4 is 56.3 Å². The van der Waals surface area contributed by atoms with E-state index < -0.39 is 7.14 Å². The van der Waals surface area contributed by atoms with Crippen LogP contribution in [0.1, 0.15) is 17.7 Å². The standard InChI is InChI=1S/C48H34N3OP/c52-53(36-13-3-1-4-14-36,37-15-5-2-6-16-37)38-28-26-35(27-29-38)48-43-31-42(33-22-24-34(25-23-33)45-32-51-30-12-11-21-46(51)49-45)39-17-7-8-18-40(39)47(43)41-19-9-10-20-44(41)50-48/h1-8,10-18,20-32H,9,19H2. The molecule has 1 aliphatic rings. The highest BCUT2D eigenvalue weighted by Gasteiger charge is 2.30. The van der Waals surface area contributed by atoms with Gasteiger partial charge < -0.3 is 8.97 Å². The molecule has 3 heterocycles. The van der Waals surface area contributed by atoms with Gasteiger partial charge in [-0.05, 0) is 70.0 Å². The van der Waals surface area contributed by atoms with E-state index in [0.29, 0.717) is 0 Å². The monoisotopic (exact) mass is 699 g/mol. The summed E-state index contributed by atoms with van der Waals surface area (Å²) in [5.41, 5.74) is 9.51. The number of hydrogen-bond acceptors (Lipinski definition) is 3. The Hall–Kier alpha value is -6.35. The molecule has 9 aromatic rings. The van der Waals surface area contributed by atoms with Crippen molar-refractivity contribution in [3.8, 4) is 33.6 Å². The quantitative estimate of drug-likeness (QED) is 0.128. The zero-order chi connectivity index (χ0) is 35.4. The van der Waals surface area contributed by atoms with Gasteiger partial charge in [0.05, 0.1) is 17.1 Å². The van der Waals surface area contributed by atoms with Gasteiger partial charge in [-0.25, -0.2) is 9.97 Å². The van der Waals surface area contributed by atoms with E-state index >= 15 is 4.57 Å². The Balaban J connectivity index is 1.15. The molecule has 0 fully saturated rings. The molecule has 1 aliphatic carbocycles. The van der Waals surface area contributed by atoms with Crippen LogP contribution in [0.25, 0.3) is 66.9 Å². The van der Waals surface area contributed by atoms with Crippen LogP contribution in [-0.4, -0.2) is 14.4 Å². The van der Waals surface area contributed by atoms with Crippen molar-refractivity contribution in [3.63, 3.8) is 0 Å². The molecule has 0 radical (unpaired) electrons. The van der Waals surface area contributed by atoms with E-state index in [-0.39, 0.29) is 0 Å². The van der Waals surface area contributed by atoms with Crippen molar-refractivity contribution in [1.82, 2.24) is 14.4 Å². The van der Waals surface area contributed by atoms with Gasteiger partial charge in [-0.1, -0.05) is 146 Å². The Morgan fingerprint density at radius 1 is 0.566 bits per heavy atom. The summed E-state index contributed by atoms with van der Waals surface area (Å²) < 4.78 is 17.2. The van der Waals surface area contributed by atoms with Crippen LogP contribution in [0.2, 0.25) is 0 Å². The number of imidazole rings is 1. The predicted molar refractivity (Wildman–Crippen MR) is 221 cm³/mol. The molecule has 0 N–H and O–H groups in total. The molecular formula is C48H34N3OP. The van der Waals surface area contributed by atoms with Gasteiger partial charge in [-0.3, -0.25) is 0 Å². The van der Waals surface area contributed by atoms with Crippen LogP contribution in [0.5, 0.6) is 0 Å². The molecule has 5 heteroatoms. The molecule has 6 aromatic carbocycles. The number of nitrogens with zero attached hydrogens (tertiary/aromatic N) is 3. The van der Waals surface area contributed by atoms with Gasteiger partial charge in [-0.15, -0.1) is 0 Å². The Kier molecular flexibility index (Phi) is 7.52. The first-order valence-corrected chi connectivity index (χ1v) is 19.8. The first-order valence-electron chi connectivity index (χ1n) is 18.1. The molecule has 252 valence electrons. The van der Waals surface area contributed by atoms with E-state index in [0.717, 1.165) is 73.6 Å². The molecule has 0 unspecified atom stereocenters. The average molecular weight is 700 g/mol. The molecule has 3 aromatic heterocycles. The highest BCUT2D eigenvalue weighted by Crippen LogP contribution is 2.45. The van der Waals surface area contributed by atoms with E-state index in [1.807, 2.05) is 97.2 Å². The van der Waals surface area contributed by atoms with Crippen molar-refractivity contribution < 1.29 is 4.57 Å². The summed E-state index contributed by atoms with van der Waals surface area (Å²) in [7, 11) is -3.11. The van der Waals surface area contributed by atoms with Crippen LogP contribution in [0, 0.1) is 0 Å². The second kappa shape index (κ2) is 12.7. The highest BCUT2D eigenvalue weighted by molar-refractivity contribution is 7.85. The lowest BCUT2D eigenvalue weighted by atomic mass is 9.86. The van der Waals surface area contributed by atoms with Crippen molar-refractivity contribution in [2.24, 2.45) is 0 Å². The summed E-state index contributed by atoms with van der Waals surface area (Å²) in [4.78, 5) is 10.2. The van der Waals surface area contributed by atoms with Crippen LogP contribution in [0.15, 0.2) is 176 Å². The highest BCUT2D eigenvalue weighted by atomic mass is 31.2. The number of allylic oxidation sites excluding steroid dienone is 1. The summed E-state index contributed by atoms with van der Waals surface area (Å²) in [6.07, 6.45) is 10.5. The maximum Gasteiger partial charge on any atom is 0.171 e. The average Bonchev–Trinajstić information content (AvgIpc) is 3.68. The molecule has 0 saturated carbocycles. The molecule has 0 atom stereocenters. The second-order valence-electron chi connectivity index (χ2n) is 13.7. The van der Waals surface area contributed by atoms with Gasteiger partial charge in [0.15, 0.2) is 7.14 Å².